The first kappa shape index (κ1) is 31.5. The van der Waals surface area contributed by atoms with E-state index in [4.69, 9.17) is 4.74 Å². The van der Waals surface area contributed by atoms with Crippen molar-refractivity contribution in [2.24, 2.45) is 17.3 Å². The molecule has 4 bridgehead atoms. The van der Waals surface area contributed by atoms with E-state index in [0.29, 0.717) is 43.1 Å². The van der Waals surface area contributed by atoms with Crippen molar-refractivity contribution in [3.05, 3.63) is 65.2 Å². The summed E-state index contributed by atoms with van der Waals surface area (Å²) in [5.74, 6) is 2.16. The van der Waals surface area contributed by atoms with Gasteiger partial charge >= 0.3 is 6.18 Å². The van der Waals surface area contributed by atoms with Gasteiger partial charge < -0.3 is 19.4 Å². The van der Waals surface area contributed by atoms with Crippen molar-refractivity contribution < 1.29 is 27.5 Å². The van der Waals surface area contributed by atoms with Crippen LogP contribution in [-0.2, 0) is 27.7 Å². The normalized spacial score (nSPS) is 30.1. The van der Waals surface area contributed by atoms with Crippen molar-refractivity contribution in [1.82, 2.24) is 19.6 Å². The average molecular weight is 639 g/mol. The number of carbonyl (C=O) groups is 2. The maximum Gasteiger partial charge on any atom is 0.416 e. The lowest BCUT2D eigenvalue weighted by Crippen LogP contribution is -2.61. The number of hydrogen-bond acceptors (Lipinski definition) is 5. The fourth-order valence-electron chi connectivity index (χ4n) is 9.55. The summed E-state index contributed by atoms with van der Waals surface area (Å²) >= 11 is 0. The van der Waals surface area contributed by atoms with Gasteiger partial charge in [0.25, 0.3) is 5.91 Å². The zero-order chi connectivity index (χ0) is 32.1. The van der Waals surface area contributed by atoms with Gasteiger partial charge in [0.05, 0.1) is 11.0 Å². The number of ether oxygens (including phenoxy) is 1. The Morgan fingerprint density at radius 2 is 1.41 bits per heavy atom. The van der Waals surface area contributed by atoms with E-state index in [1.807, 2.05) is 17.0 Å². The first-order valence-electron chi connectivity index (χ1n) is 16.9. The number of carbonyl (C=O) groups excluding carboxylic acids is 2. The molecule has 4 saturated carbocycles. The Kier molecular flexibility index (Phi) is 8.32. The number of halogens is 3. The second-order valence-corrected chi connectivity index (χ2v) is 14.8. The molecule has 0 aromatic heterocycles. The van der Waals surface area contributed by atoms with E-state index in [1.165, 1.54) is 12.0 Å². The summed E-state index contributed by atoms with van der Waals surface area (Å²) in [6, 6.07) is 13.7. The molecule has 6 fully saturated rings. The highest BCUT2D eigenvalue weighted by atomic mass is 19.4. The maximum atomic E-state index is 14.3. The van der Waals surface area contributed by atoms with Gasteiger partial charge in [-0.3, -0.25) is 14.5 Å². The minimum Gasteiger partial charge on any atom is -0.484 e. The lowest BCUT2D eigenvalue weighted by molar-refractivity contribution is -0.162. The molecule has 7 nitrogen and oxygen atoms in total. The summed E-state index contributed by atoms with van der Waals surface area (Å²) in [5, 5.41) is 0. The number of hydrogen-bond donors (Lipinski definition) is 0. The van der Waals surface area contributed by atoms with Crippen LogP contribution in [0.3, 0.4) is 0 Å². The van der Waals surface area contributed by atoms with E-state index < -0.39 is 11.7 Å². The third kappa shape index (κ3) is 6.27. The Morgan fingerprint density at radius 1 is 0.804 bits per heavy atom. The molecule has 2 aromatic rings. The molecule has 2 heterocycles. The SMILES string of the molecule is CN1CCN(C(=O)COc2ccc(C34CC5CC(CC(C(=O)N6CCN(Cc7ccc(C(F)(F)F)cc7)CC6)(C5)C3)C4)cc2)CC1. The smallest absolute Gasteiger partial charge is 0.416 e. The van der Waals surface area contributed by atoms with Crippen molar-refractivity contribution in [1.29, 1.82) is 0 Å². The van der Waals surface area contributed by atoms with E-state index >= 15 is 0 Å². The van der Waals surface area contributed by atoms with Crippen LogP contribution in [0.25, 0.3) is 0 Å². The average Bonchev–Trinajstić information content (AvgIpc) is 3.03. The molecule has 2 saturated heterocycles. The maximum absolute atomic E-state index is 14.3. The van der Waals surface area contributed by atoms with Gasteiger partial charge in [0, 0.05) is 58.9 Å². The largest absolute Gasteiger partial charge is 0.484 e. The van der Waals surface area contributed by atoms with Gasteiger partial charge in [-0.2, -0.15) is 13.2 Å². The van der Waals surface area contributed by atoms with Crippen molar-refractivity contribution in [3.8, 4) is 5.75 Å². The number of benzene rings is 2. The van der Waals surface area contributed by atoms with E-state index in [2.05, 4.69) is 33.9 Å². The summed E-state index contributed by atoms with van der Waals surface area (Å²) in [7, 11) is 2.07. The number of alkyl halides is 3. The van der Waals surface area contributed by atoms with Gasteiger partial charge in [-0.1, -0.05) is 24.3 Å². The Hall–Kier alpha value is -3.11. The van der Waals surface area contributed by atoms with Gasteiger partial charge in [-0.15, -0.1) is 0 Å². The highest BCUT2D eigenvalue weighted by Gasteiger charge is 2.61. The Balaban J connectivity index is 0.967. The number of amides is 2. The summed E-state index contributed by atoms with van der Waals surface area (Å²) < 4.78 is 44.8. The Labute approximate surface area is 269 Å². The van der Waals surface area contributed by atoms with Crippen LogP contribution in [0.4, 0.5) is 13.2 Å². The monoisotopic (exact) mass is 638 g/mol. The second kappa shape index (κ2) is 12.2. The molecule has 248 valence electrons. The lowest BCUT2D eigenvalue weighted by Gasteiger charge is -2.62. The number of piperazine rings is 2. The van der Waals surface area contributed by atoms with Gasteiger partial charge in [-0.05, 0) is 98.2 Å². The predicted octanol–water partition coefficient (Wildman–Crippen LogP) is 5.04. The standard InChI is InChI=1S/C36H45F3N4O3/c1-40-10-14-42(15-11-40)32(44)24-46-31-8-6-29(7-9-31)34-19-27-18-28(20-34)22-35(21-27,25-34)33(45)43-16-12-41(13-17-43)23-26-2-4-30(5-3-26)36(37,38)39/h2-9,27-28H,10-25H2,1H3. The van der Waals surface area contributed by atoms with Crippen LogP contribution in [0.15, 0.2) is 48.5 Å². The lowest BCUT2D eigenvalue weighted by atomic mass is 9.42. The zero-order valence-corrected chi connectivity index (χ0v) is 26.7. The molecule has 46 heavy (non-hydrogen) atoms. The molecule has 2 unspecified atom stereocenters. The molecule has 2 atom stereocenters. The number of nitrogens with zero attached hydrogens (tertiary/aromatic N) is 4. The topological polar surface area (TPSA) is 56.3 Å². The van der Waals surface area contributed by atoms with Crippen molar-refractivity contribution >= 4 is 11.8 Å². The van der Waals surface area contributed by atoms with Gasteiger partial charge in [-0.25, -0.2) is 0 Å². The Morgan fingerprint density at radius 3 is 2.02 bits per heavy atom. The van der Waals surface area contributed by atoms with Crippen LogP contribution in [-0.4, -0.2) is 97.4 Å². The minimum absolute atomic E-state index is 0.00167. The van der Waals surface area contributed by atoms with Gasteiger partial charge in [0.2, 0.25) is 5.91 Å². The van der Waals surface area contributed by atoms with Crippen LogP contribution in [0.5, 0.6) is 5.75 Å². The van der Waals surface area contributed by atoms with Gasteiger partial charge in [0.1, 0.15) is 5.75 Å². The molecule has 2 aliphatic heterocycles. The molecule has 2 amide bonds. The van der Waals surface area contributed by atoms with Crippen LogP contribution in [0.1, 0.15) is 55.2 Å². The first-order chi connectivity index (χ1) is 22.0. The predicted molar refractivity (Wildman–Crippen MR) is 168 cm³/mol. The number of rotatable bonds is 7. The highest BCUT2D eigenvalue weighted by Crippen LogP contribution is 2.66. The van der Waals surface area contributed by atoms with Crippen molar-refractivity contribution in [2.45, 2.75) is 56.7 Å². The third-order valence-electron chi connectivity index (χ3n) is 11.5. The van der Waals surface area contributed by atoms with Gasteiger partial charge in [0.15, 0.2) is 6.61 Å². The van der Waals surface area contributed by atoms with Crippen LogP contribution < -0.4 is 4.74 Å². The van der Waals surface area contributed by atoms with Crippen molar-refractivity contribution in [2.75, 3.05) is 66.0 Å². The molecular formula is C36H45F3N4O3. The first-order valence-corrected chi connectivity index (χ1v) is 16.9. The van der Waals surface area contributed by atoms with Crippen LogP contribution in [0.2, 0.25) is 0 Å². The zero-order valence-electron chi connectivity index (χ0n) is 26.7. The molecule has 0 spiro atoms. The molecule has 10 heteroatoms. The van der Waals surface area contributed by atoms with E-state index in [1.54, 1.807) is 12.1 Å². The molecule has 6 aliphatic rings. The number of likely N-dealkylation sites (N-methyl/N-ethyl adjacent to an activating group) is 1. The molecule has 2 aromatic carbocycles. The fourth-order valence-corrected chi connectivity index (χ4v) is 9.55. The molecule has 0 radical (unpaired) electrons. The van der Waals surface area contributed by atoms with E-state index in [-0.39, 0.29) is 23.3 Å². The summed E-state index contributed by atoms with van der Waals surface area (Å²) in [5.41, 5.74) is 1.20. The highest BCUT2D eigenvalue weighted by molar-refractivity contribution is 5.84. The van der Waals surface area contributed by atoms with Crippen LogP contribution >= 0.6 is 0 Å². The molecular weight excluding hydrogens is 593 g/mol. The summed E-state index contributed by atoms with van der Waals surface area (Å²) in [6.07, 6.45) is 1.98. The van der Waals surface area contributed by atoms with E-state index in [0.717, 1.165) is 89.1 Å². The third-order valence-corrected chi connectivity index (χ3v) is 11.5. The van der Waals surface area contributed by atoms with Crippen molar-refractivity contribution in [3.63, 3.8) is 0 Å². The molecule has 0 N–H and O–H groups in total. The second-order valence-electron chi connectivity index (χ2n) is 14.8. The van der Waals surface area contributed by atoms with Crippen LogP contribution in [0, 0.1) is 17.3 Å². The summed E-state index contributed by atoms with van der Waals surface area (Å²) in [6.45, 7) is 6.63. The molecule has 4 aliphatic carbocycles. The molecule has 8 rings (SSSR count). The summed E-state index contributed by atoms with van der Waals surface area (Å²) in [4.78, 5) is 35.4. The Bertz CT molecular complexity index is 1400. The quantitative estimate of drug-likeness (QED) is 0.426. The van der Waals surface area contributed by atoms with E-state index in [9.17, 15) is 22.8 Å². The fraction of sp³-hybridized carbons (Fsp3) is 0.611. The minimum atomic E-state index is -4.33.